The number of aromatic nitrogens is 2. The van der Waals surface area contributed by atoms with Gasteiger partial charge < -0.3 is 15.8 Å². The van der Waals surface area contributed by atoms with Gasteiger partial charge in [0.25, 0.3) is 0 Å². The highest BCUT2D eigenvalue weighted by atomic mass is 32.2. The maximum atomic E-state index is 11.0. The molecule has 0 fully saturated rings. The fourth-order valence-corrected chi connectivity index (χ4v) is 4.19. The molecule has 31 heavy (non-hydrogen) atoms. The first kappa shape index (κ1) is 20.9. The van der Waals surface area contributed by atoms with Gasteiger partial charge in [0.05, 0.1) is 11.4 Å². The smallest absolute Gasteiger partial charge is 0.320 e. The minimum atomic E-state index is -0.989. The second-order valence-electron chi connectivity index (χ2n) is 7.26. The van der Waals surface area contributed by atoms with E-state index in [0.29, 0.717) is 12.2 Å². The molecule has 4 N–H and O–H groups in total. The SMILES string of the molecule is NC(Cc1cccc(CSc2nc(-c3ccccc3)c(-c3ccccc3)[nH]2)c1)C(=O)O. The van der Waals surface area contributed by atoms with Gasteiger partial charge in [0.2, 0.25) is 0 Å². The van der Waals surface area contributed by atoms with Crippen molar-refractivity contribution >= 4 is 17.7 Å². The first-order chi connectivity index (χ1) is 15.1. The molecule has 0 spiro atoms. The van der Waals surface area contributed by atoms with Crippen molar-refractivity contribution in [3.05, 3.63) is 96.1 Å². The van der Waals surface area contributed by atoms with Crippen LogP contribution in [0.3, 0.4) is 0 Å². The zero-order valence-electron chi connectivity index (χ0n) is 16.9. The Morgan fingerprint density at radius 1 is 0.935 bits per heavy atom. The molecule has 3 aromatic carbocycles. The lowest BCUT2D eigenvalue weighted by Gasteiger charge is -2.08. The van der Waals surface area contributed by atoms with Crippen LogP contribution in [0.2, 0.25) is 0 Å². The Hall–Kier alpha value is -3.35. The molecular weight excluding hydrogens is 406 g/mol. The van der Waals surface area contributed by atoms with Gasteiger partial charge in [-0.2, -0.15) is 0 Å². The highest BCUT2D eigenvalue weighted by Gasteiger charge is 2.15. The van der Waals surface area contributed by atoms with Crippen molar-refractivity contribution in [1.82, 2.24) is 9.97 Å². The van der Waals surface area contributed by atoms with Gasteiger partial charge in [0.15, 0.2) is 5.16 Å². The quantitative estimate of drug-likeness (QED) is 0.343. The number of H-pyrrole nitrogens is 1. The maximum Gasteiger partial charge on any atom is 0.320 e. The topological polar surface area (TPSA) is 92.0 Å². The molecule has 0 saturated carbocycles. The van der Waals surface area contributed by atoms with Crippen LogP contribution in [0.15, 0.2) is 90.1 Å². The minimum absolute atomic E-state index is 0.310. The lowest BCUT2D eigenvalue weighted by atomic mass is 10.0. The van der Waals surface area contributed by atoms with Crippen molar-refractivity contribution < 1.29 is 9.90 Å². The zero-order chi connectivity index (χ0) is 21.6. The van der Waals surface area contributed by atoms with Crippen molar-refractivity contribution in [3.8, 4) is 22.5 Å². The number of nitrogens with two attached hydrogens (primary N) is 1. The number of rotatable bonds is 8. The van der Waals surface area contributed by atoms with Crippen LogP contribution in [-0.2, 0) is 17.0 Å². The predicted octanol–water partition coefficient (Wildman–Crippen LogP) is 4.99. The molecule has 5 nitrogen and oxygen atoms in total. The van der Waals surface area contributed by atoms with Crippen LogP contribution >= 0.6 is 11.8 Å². The third-order valence-corrected chi connectivity index (χ3v) is 5.88. The third-order valence-electron chi connectivity index (χ3n) is 4.93. The van der Waals surface area contributed by atoms with Gasteiger partial charge in [0.1, 0.15) is 6.04 Å². The minimum Gasteiger partial charge on any atom is -0.480 e. The molecule has 0 aliphatic carbocycles. The number of carboxylic acid groups (broad SMARTS) is 1. The van der Waals surface area contributed by atoms with Crippen molar-refractivity contribution in [2.75, 3.05) is 0 Å². The lowest BCUT2D eigenvalue weighted by molar-refractivity contribution is -0.138. The van der Waals surface area contributed by atoms with Crippen LogP contribution < -0.4 is 5.73 Å². The third kappa shape index (κ3) is 5.23. The summed E-state index contributed by atoms with van der Waals surface area (Å²) in [7, 11) is 0. The summed E-state index contributed by atoms with van der Waals surface area (Å²) in [5.74, 6) is -0.274. The Morgan fingerprint density at radius 3 is 2.26 bits per heavy atom. The van der Waals surface area contributed by atoms with Gasteiger partial charge in [-0.05, 0) is 17.5 Å². The Labute approximate surface area is 185 Å². The van der Waals surface area contributed by atoms with E-state index in [1.807, 2.05) is 60.7 Å². The molecule has 4 rings (SSSR count). The Morgan fingerprint density at radius 2 is 1.58 bits per heavy atom. The van der Waals surface area contributed by atoms with Crippen LogP contribution in [0.25, 0.3) is 22.5 Å². The fourth-order valence-electron chi connectivity index (χ4n) is 3.38. The summed E-state index contributed by atoms with van der Waals surface area (Å²) in [5.41, 5.74) is 11.8. The van der Waals surface area contributed by atoms with E-state index in [9.17, 15) is 4.79 Å². The average molecular weight is 430 g/mol. The molecule has 1 heterocycles. The number of benzene rings is 3. The standard InChI is InChI=1S/C25H23N3O2S/c26-21(24(29)30)15-17-8-7-9-18(14-17)16-31-25-27-22(19-10-3-1-4-11-19)23(28-25)20-12-5-2-6-13-20/h1-14,21H,15-16,26H2,(H,27,28)(H,29,30). The summed E-state index contributed by atoms with van der Waals surface area (Å²) < 4.78 is 0. The Bertz CT molecular complexity index is 1100. The molecular formula is C25H23N3O2S. The van der Waals surface area contributed by atoms with Gasteiger partial charge >= 0.3 is 5.97 Å². The van der Waals surface area contributed by atoms with Crippen molar-refractivity contribution in [3.63, 3.8) is 0 Å². The van der Waals surface area contributed by atoms with Crippen molar-refractivity contribution in [2.45, 2.75) is 23.4 Å². The van der Waals surface area contributed by atoms with E-state index in [0.717, 1.165) is 38.8 Å². The number of nitrogens with one attached hydrogen (secondary N) is 1. The van der Waals surface area contributed by atoms with Gasteiger partial charge in [-0.1, -0.05) is 96.7 Å². The number of nitrogens with zero attached hydrogens (tertiary/aromatic N) is 1. The molecule has 0 aliphatic heterocycles. The summed E-state index contributed by atoms with van der Waals surface area (Å²) in [6.45, 7) is 0. The number of hydrogen-bond acceptors (Lipinski definition) is 4. The van der Waals surface area contributed by atoms with Crippen LogP contribution in [0.5, 0.6) is 0 Å². The molecule has 0 amide bonds. The molecule has 156 valence electrons. The molecule has 0 aliphatic rings. The number of imidazole rings is 1. The summed E-state index contributed by atoms with van der Waals surface area (Å²) >= 11 is 1.62. The van der Waals surface area contributed by atoms with E-state index < -0.39 is 12.0 Å². The van der Waals surface area contributed by atoms with Crippen LogP contribution in [-0.4, -0.2) is 27.1 Å². The highest BCUT2D eigenvalue weighted by molar-refractivity contribution is 7.98. The molecule has 1 aromatic heterocycles. The summed E-state index contributed by atoms with van der Waals surface area (Å²) in [4.78, 5) is 19.4. The predicted molar refractivity (Wildman–Crippen MR) is 125 cm³/mol. The van der Waals surface area contributed by atoms with E-state index in [2.05, 4.69) is 29.2 Å². The number of aromatic amines is 1. The number of carboxylic acids is 1. The largest absolute Gasteiger partial charge is 0.480 e. The van der Waals surface area contributed by atoms with E-state index in [-0.39, 0.29) is 0 Å². The number of carbonyl (C=O) groups is 1. The maximum absolute atomic E-state index is 11.0. The molecule has 4 aromatic rings. The van der Waals surface area contributed by atoms with Crippen LogP contribution in [0.1, 0.15) is 11.1 Å². The Balaban J connectivity index is 1.56. The first-order valence-corrected chi connectivity index (χ1v) is 11.0. The molecule has 0 saturated heterocycles. The summed E-state index contributed by atoms with van der Waals surface area (Å²) in [6, 6.07) is 27.3. The summed E-state index contributed by atoms with van der Waals surface area (Å²) in [5, 5.41) is 9.88. The van der Waals surface area contributed by atoms with Crippen LogP contribution in [0, 0.1) is 0 Å². The molecule has 1 atom stereocenters. The van der Waals surface area contributed by atoms with Gasteiger partial charge in [-0.25, -0.2) is 4.98 Å². The van der Waals surface area contributed by atoms with Crippen molar-refractivity contribution in [1.29, 1.82) is 0 Å². The Kier molecular flexibility index (Phi) is 6.50. The molecule has 1 unspecified atom stereocenters. The average Bonchev–Trinajstić information content (AvgIpc) is 3.23. The molecule has 0 radical (unpaired) electrons. The van der Waals surface area contributed by atoms with Gasteiger partial charge in [-0.3, -0.25) is 4.79 Å². The number of thioether (sulfide) groups is 1. The zero-order valence-corrected chi connectivity index (χ0v) is 17.7. The van der Waals surface area contributed by atoms with Crippen molar-refractivity contribution in [2.24, 2.45) is 5.73 Å². The second kappa shape index (κ2) is 9.64. The number of hydrogen-bond donors (Lipinski definition) is 3. The van der Waals surface area contributed by atoms with Gasteiger partial charge in [-0.15, -0.1) is 0 Å². The van der Waals surface area contributed by atoms with E-state index in [1.165, 1.54) is 0 Å². The normalized spacial score (nSPS) is 11.9. The molecule has 6 heteroatoms. The fraction of sp³-hybridized carbons (Fsp3) is 0.120. The van der Waals surface area contributed by atoms with E-state index >= 15 is 0 Å². The van der Waals surface area contributed by atoms with Crippen LogP contribution in [0.4, 0.5) is 0 Å². The summed E-state index contributed by atoms with van der Waals surface area (Å²) in [6.07, 6.45) is 0.310. The second-order valence-corrected chi connectivity index (χ2v) is 8.22. The highest BCUT2D eigenvalue weighted by Crippen LogP contribution is 2.33. The lowest BCUT2D eigenvalue weighted by Crippen LogP contribution is -2.32. The number of aliphatic carboxylic acids is 1. The monoisotopic (exact) mass is 429 g/mol. The van der Waals surface area contributed by atoms with E-state index in [4.69, 9.17) is 15.8 Å². The van der Waals surface area contributed by atoms with E-state index in [1.54, 1.807) is 11.8 Å². The van der Waals surface area contributed by atoms with Gasteiger partial charge in [0, 0.05) is 16.9 Å². The molecule has 0 bridgehead atoms. The first-order valence-electron chi connectivity index (χ1n) is 10.00.